The summed E-state index contributed by atoms with van der Waals surface area (Å²) >= 11 is 5.06. The van der Waals surface area contributed by atoms with E-state index in [2.05, 4.69) is 5.32 Å². The van der Waals surface area contributed by atoms with E-state index in [-0.39, 0.29) is 12.5 Å². The van der Waals surface area contributed by atoms with Gasteiger partial charge < -0.3 is 20.7 Å². The normalized spacial score (nSPS) is 10.2. The van der Waals surface area contributed by atoms with Crippen molar-refractivity contribution in [2.45, 2.75) is 6.92 Å². The average Bonchev–Trinajstić information content (AvgIpc) is 2.38. The topological polar surface area (TPSA) is 67.6 Å². The molecule has 0 spiro atoms. The number of methoxy groups -OCH3 is 1. The van der Waals surface area contributed by atoms with E-state index >= 15 is 0 Å². The summed E-state index contributed by atoms with van der Waals surface area (Å²) in [5.74, 6) is -0.0679. The van der Waals surface area contributed by atoms with Gasteiger partial charge in [0.05, 0.1) is 18.8 Å². The van der Waals surface area contributed by atoms with Gasteiger partial charge in [-0.1, -0.05) is 24.4 Å². The van der Waals surface area contributed by atoms with Crippen LogP contribution in [-0.4, -0.2) is 44.7 Å². The predicted molar refractivity (Wildman–Crippen MR) is 85.2 cm³/mol. The zero-order valence-electron chi connectivity index (χ0n) is 12.1. The van der Waals surface area contributed by atoms with Gasteiger partial charge in [0.25, 0.3) is 0 Å². The van der Waals surface area contributed by atoms with Crippen molar-refractivity contribution in [2.75, 3.05) is 38.8 Å². The van der Waals surface area contributed by atoms with Crippen LogP contribution in [0.5, 0.6) is 0 Å². The van der Waals surface area contributed by atoms with Crippen LogP contribution in [0.4, 0.5) is 5.69 Å². The molecule has 0 aromatic heterocycles. The first-order valence-electron chi connectivity index (χ1n) is 6.33. The molecule has 0 heterocycles. The van der Waals surface area contributed by atoms with Crippen molar-refractivity contribution in [1.82, 2.24) is 5.32 Å². The van der Waals surface area contributed by atoms with Gasteiger partial charge in [-0.05, 0) is 18.6 Å². The fourth-order valence-corrected chi connectivity index (χ4v) is 2.17. The number of carbonyl (C=O) groups excluding carboxylic acids is 1. The largest absolute Gasteiger partial charge is 0.389 e. The molecule has 1 aromatic rings. The molecule has 0 saturated carbocycles. The molecule has 5 nitrogen and oxygen atoms in total. The predicted octanol–water partition coefficient (Wildman–Crippen LogP) is 0.828. The lowest BCUT2D eigenvalue weighted by Crippen LogP contribution is -2.37. The lowest BCUT2D eigenvalue weighted by molar-refractivity contribution is -0.119. The molecule has 3 N–H and O–H groups in total. The van der Waals surface area contributed by atoms with Gasteiger partial charge in [0, 0.05) is 26.3 Å². The highest BCUT2D eigenvalue weighted by molar-refractivity contribution is 7.80. The van der Waals surface area contributed by atoms with E-state index in [0.717, 1.165) is 16.8 Å². The summed E-state index contributed by atoms with van der Waals surface area (Å²) in [7, 11) is 3.44. The third-order valence-electron chi connectivity index (χ3n) is 2.89. The Morgan fingerprint density at radius 3 is 2.80 bits per heavy atom. The maximum atomic E-state index is 11.8. The number of hydrogen-bond acceptors (Lipinski definition) is 4. The van der Waals surface area contributed by atoms with E-state index in [1.165, 1.54) is 0 Å². The zero-order chi connectivity index (χ0) is 15.1. The molecule has 0 radical (unpaired) electrons. The van der Waals surface area contributed by atoms with Crippen molar-refractivity contribution < 1.29 is 9.53 Å². The highest BCUT2D eigenvalue weighted by Gasteiger charge is 2.14. The summed E-state index contributed by atoms with van der Waals surface area (Å²) in [6, 6.07) is 5.74. The van der Waals surface area contributed by atoms with Crippen LogP contribution in [0.1, 0.15) is 11.1 Å². The number of ether oxygens (including phenoxy) is 1. The Hall–Kier alpha value is -1.66. The van der Waals surface area contributed by atoms with Crippen LogP contribution in [0.15, 0.2) is 18.2 Å². The molecule has 0 aliphatic heterocycles. The highest BCUT2D eigenvalue weighted by Crippen LogP contribution is 2.23. The van der Waals surface area contributed by atoms with Gasteiger partial charge in [-0.25, -0.2) is 0 Å². The first-order chi connectivity index (χ1) is 9.47. The van der Waals surface area contributed by atoms with Gasteiger partial charge in [-0.2, -0.15) is 0 Å². The van der Waals surface area contributed by atoms with E-state index in [9.17, 15) is 4.79 Å². The quantitative estimate of drug-likeness (QED) is 0.576. The second-order valence-corrected chi connectivity index (χ2v) is 4.97. The number of amides is 1. The van der Waals surface area contributed by atoms with Crippen LogP contribution in [-0.2, 0) is 9.53 Å². The van der Waals surface area contributed by atoms with Crippen LogP contribution in [0.2, 0.25) is 0 Å². The lowest BCUT2D eigenvalue weighted by Gasteiger charge is -2.23. The summed E-state index contributed by atoms with van der Waals surface area (Å²) in [5.41, 5.74) is 8.44. The van der Waals surface area contributed by atoms with E-state index in [1.807, 2.05) is 37.1 Å². The summed E-state index contributed by atoms with van der Waals surface area (Å²) < 4.78 is 4.89. The van der Waals surface area contributed by atoms with E-state index in [1.54, 1.807) is 7.11 Å². The third-order valence-corrected chi connectivity index (χ3v) is 3.11. The summed E-state index contributed by atoms with van der Waals surface area (Å²) in [4.78, 5) is 14.0. The fourth-order valence-electron chi connectivity index (χ4n) is 2.01. The molecule has 0 bridgehead atoms. The molecule has 1 aromatic carbocycles. The summed E-state index contributed by atoms with van der Waals surface area (Å²) in [6.07, 6.45) is 0. The Kier molecular flexibility index (Phi) is 6.41. The maximum absolute atomic E-state index is 11.8. The number of nitrogens with zero attached hydrogens (tertiary/aromatic N) is 1. The Labute approximate surface area is 125 Å². The Bertz CT molecular complexity index is 491. The first kappa shape index (κ1) is 16.4. The fraction of sp³-hybridized carbons (Fsp3) is 0.429. The molecule has 6 heteroatoms. The number of hydrogen-bond donors (Lipinski definition) is 2. The Morgan fingerprint density at radius 2 is 2.20 bits per heavy atom. The maximum Gasteiger partial charge on any atom is 0.239 e. The molecule has 1 rings (SSSR count). The molecule has 1 amide bonds. The number of aryl methyl sites for hydroxylation is 1. The third kappa shape index (κ3) is 4.47. The monoisotopic (exact) mass is 295 g/mol. The van der Waals surface area contributed by atoms with Crippen molar-refractivity contribution in [2.24, 2.45) is 5.73 Å². The summed E-state index contributed by atoms with van der Waals surface area (Å²) in [6.45, 7) is 3.21. The van der Waals surface area contributed by atoms with Crippen LogP contribution < -0.4 is 16.0 Å². The van der Waals surface area contributed by atoms with Crippen molar-refractivity contribution in [1.29, 1.82) is 0 Å². The van der Waals surface area contributed by atoms with Gasteiger partial charge in [0.2, 0.25) is 5.91 Å². The number of likely N-dealkylation sites (N-methyl/N-ethyl adjacent to an activating group) is 1. The van der Waals surface area contributed by atoms with Gasteiger partial charge in [-0.3, -0.25) is 4.79 Å². The van der Waals surface area contributed by atoms with Crippen LogP contribution >= 0.6 is 12.2 Å². The van der Waals surface area contributed by atoms with E-state index in [0.29, 0.717) is 18.1 Å². The lowest BCUT2D eigenvalue weighted by atomic mass is 10.1. The Morgan fingerprint density at radius 1 is 1.50 bits per heavy atom. The molecule has 0 fully saturated rings. The number of rotatable bonds is 7. The summed E-state index contributed by atoms with van der Waals surface area (Å²) in [5, 5.41) is 2.78. The number of carbonyl (C=O) groups is 1. The number of anilines is 1. The van der Waals surface area contributed by atoms with E-state index in [4.69, 9.17) is 22.7 Å². The smallest absolute Gasteiger partial charge is 0.239 e. The molecule has 20 heavy (non-hydrogen) atoms. The van der Waals surface area contributed by atoms with Crippen molar-refractivity contribution in [3.8, 4) is 0 Å². The van der Waals surface area contributed by atoms with Crippen molar-refractivity contribution >= 4 is 28.8 Å². The Balaban J connectivity index is 2.79. The van der Waals surface area contributed by atoms with Gasteiger partial charge in [-0.15, -0.1) is 0 Å². The van der Waals surface area contributed by atoms with Crippen molar-refractivity contribution in [3.63, 3.8) is 0 Å². The average molecular weight is 295 g/mol. The number of benzene rings is 1. The second kappa shape index (κ2) is 7.81. The molecule has 0 aliphatic rings. The minimum atomic E-state index is -0.0679. The molecule has 0 unspecified atom stereocenters. The number of nitrogens with one attached hydrogen (secondary N) is 1. The SMILES string of the molecule is COCCNC(=O)CN(C)c1c(C)cccc1C(N)=S. The molecular formula is C14H21N3O2S. The molecule has 0 aliphatic carbocycles. The van der Waals surface area contributed by atoms with Crippen molar-refractivity contribution in [3.05, 3.63) is 29.3 Å². The number of nitrogens with two attached hydrogens (primary N) is 1. The minimum absolute atomic E-state index is 0.0679. The minimum Gasteiger partial charge on any atom is -0.389 e. The van der Waals surface area contributed by atoms with Crippen LogP contribution in [0.3, 0.4) is 0 Å². The van der Waals surface area contributed by atoms with Crippen LogP contribution in [0, 0.1) is 6.92 Å². The van der Waals surface area contributed by atoms with Crippen LogP contribution in [0.25, 0.3) is 0 Å². The molecular weight excluding hydrogens is 274 g/mol. The number of para-hydroxylation sites is 1. The van der Waals surface area contributed by atoms with Gasteiger partial charge in [0.15, 0.2) is 0 Å². The molecule has 110 valence electrons. The molecule has 0 saturated heterocycles. The standard InChI is InChI=1S/C14H21N3O2S/c1-10-5-4-6-11(14(15)20)13(10)17(2)9-12(18)16-7-8-19-3/h4-6H,7-9H2,1-3H3,(H2,15,20)(H,16,18). The molecule has 0 atom stereocenters. The van der Waals surface area contributed by atoms with Gasteiger partial charge in [0.1, 0.15) is 4.99 Å². The van der Waals surface area contributed by atoms with E-state index < -0.39 is 0 Å². The zero-order valence-corrected chi connectivity index (χ0v) is 12.9. The number of thiocarbonyl (C=S) groups is 1. The second-order valence-electron chi connectivity index (χ2n) is 4.53. The van der Waals surface area contributed by atoms with Gasteiger partial charge >= 0.3 is 0 Å². The highest BCUT2D eigenvalue weighted by atomic mass is 32.1. The first-order valence-corrected chi connectivity index (χ1v) is 6.74.